The van der Waals surface area contributed by atoms with Crippen LogP contribution in [0, 0.1) is 0 Å². The van der Waals surface area contributed by atoms with Crippen LogP contribution in [-0.4, -0.2) is 50.2 Å². The van der Waals surface area contributed by atoms with E-state index in [2.05, 4.69) is 22.9 Å². The molecular weight excluding hydrogens is 580 g/mol. The number of rotatable bonds is 10. The minimum Gasteiger partial charge on any atom is -0.507 e. The van der Waals surface area contributed by atoms with E-state index in [0.29, 0.717) is 42.3 Å². The van der Waals surface area contributed by atoms with E-state index >= 15 is 0 Å². The number of phenols is 1. The summed E-state index contributed by atoms with van der Waals surface area (Å²) >= 11 is 3.55. The number of hydrogen-bond donors (Lipinski definition) is 1. The van der Waals surface area contributed by atoms with Crippen molar-refractivity contribution in [2.75, 3.05) is 19.7 Å². The lowest BCUT2D eigenvalue weighted by Crippen LogP contribution is -2.31. The number of hydrogen-bond acceptors (Lipinski definition) is 5. The fourth-order valence-electron chi connectivity index (χ4n) is 4.89. The molecule has 210 valence electrons. The summed E-state index contributed by atoms with van der Waals surface area (Å²) in [5.41, 5.74) is 5.74. The van der Waals surface area contributed by atoms with Gasteiger partial charge in [-0.05, 0) is 68.8 Å². The van der Waals surface area contributed by atoms with Crippen LogP contribution in [0.25, 0.3) is 39.4 Å². The number of ether oxygens (including phenoxy) is 1. The van der Waals surface area contributed by atoms with Crippen molar-refractivity contribution >= 4 is 27.5 Å². The zero-order chi connectivity index (χ0) is 28.9. The number of likely N-dealkylation sites (N-methyl/N-ethyl adjacent to an activating group) is 1. The Morgan fingerprint density at radius 3 is 2.37 bits per heavy atom. The van der Waals surface area contributed by atoms with Gasteiger partial charge in [0.2, 0.25) is 5.91 Å². The average Bonchev–Trinajstić information content (AvgIpc) is 3.36. The maximum Gasteiger partial charge on any atom is 0.227 e. The minimum atomic E-state index is 0.00724. The van der Waals surface area contributed by atoms with E-state index < -0.39 is 0 Å². The molecule has 0 aliphatic heterocycles. The SMILES string of the molecule is CCCOc1ccc(-c2nn3c(-c4cc(Br)ccc4O)cc(-c4ccccc4)nc3c2CC(=O)N(CC)CC)cc1. The van der Waals surface area contributed by atoms with Gasteiger partial charge in [-0.15, -0.1) is 0 Å². The topological polar surface area (TPSA) is 80.0 Å². The molecule has 0 radical (unpaired) electrons. The second kappa shape index (κ2) is 12.6. The predicted molar refractivity (Wildman–Crippen MR) is 166 cm³/mol. The van der Waals surface area contributed by atoms with Gasteiger partial charge in [0.25, 0.3) is 0 Å². The van der Waals surface area contributed by atoms with E-state index in [9.17, 15) is 9.90 Å². The lowest BCUT2D eigenvalue weighted by Gasteiger charge is -2.18. The number of nitrogens with zero attached hydrogens (tertiary/aromatic N) is 4. The summed E-state index contributed by atoms with van der Waals surface area (Å²) in [4.78, 5) is 20.4. The molecule has 1 N–H and O–H groups in total. The monoisotopic (exact) mass is 612 g/mol. The fraction of sp³-hybridized carbons (Fsp3) is 0.242. The third-order valence-corrected chi connectivity index (χ3v) is 7.53. The van der Waals surface area contributed by atoms with Gasteiger partial charge in [-0.2, -0.15) is 5.10 Å². The molecule has 2 heterocycles. The summed E-state index contributed by atoms with van der Waals surface area (Å²) in [5.74, 6) is 0.909. The van der Waals surface area contributed by atoms with Gasteiger partial charge in [0.15, 0.2) is 5.65 Å². The Morgan fingerprint density at radius 2 is 1.68 bits per heavy atom. The summed E-state index contributed by atoms with van der Waals surface area (Å²) in [5, 5.41) is 16.0. The molecule has 0 fully saturated rings. The first-order valence-electron chi connectivity index (χ1n) is 13.9. The molecule has 0 aliphatic rings. The van der Waals surface area contributed by atoms with E-state index in [1.165, 1.54) is 0 Å². The van der Waals surface area contributed by atoms with E-state index in [1.807, 2.05) is 85.5 Å². The molecule has 7 nitrogen and oxygen atoms in total. The average molecular weight is 614 g/mol. The predicted octanol–water partition coefficient (Wildman–Crippen LogP) is 7.40. The first kappa shape index (κ1) is 28.4. The highest BCUT2D eigenvalue weighted by molar-refractivity contribution is 9.10. The van der Waals surface area contributed by atoms with E-state index in [-0.39, 0.29) is 18.1 Å². The molecule has 5 aromatic rings. The van der Waals surface area contributed by atoms with Gasteiger partial charge >= 0.3 is 0 Å². The molecule has 0 saturated heterocycles. The lowest BCUT2D eigenvalue weighted by molar-refractivity contribution is -0.130. The van der Waals surface area contributed by atoms with Crippen LogP contribution in [0.3, 0.4) is 0 Å². The molecule has 0 saturated carbocycles. The second-order valence-corrected chi connectivity index (χ2v) is 10.6. The van der Waals surface area contributed by atoms with E-state index in [0.717, 1.165) is 39.0 Å². The number of aromatic hydroxyl groups is 1. The third-order valence-electron chi connectivity index (χ3n) is 7.03. The summed E-state index contributed by atoms with van der Waals surface area (Å²) in [7, 11) is 0. The van der Waals surface area contributed by atoms with Crippen molar-refractivity contribution in [1.29, 1.82) is 0 Å². The second-order valence-electron chi connectivity index (χ2n) is 9.73. The fourth-order valence-corrected chi connectivity index (χ4v) is 5.25. The number of carbonyl (C=O) groups is 1. The number of fused-ring (bicyclic) bond motifs is 1. The number of aromatic nitrogens is 3. The molecule has 2 aromatic heterocycles. The normalized spacial score (nSPS) is 11.1. The Hall–Kier alpha value is -4.17. The van der Waals surface area contributed by atoms with Crippen molar-refractivity contribution in [3.8, 4) is 45.3 Å². The molecule has 0 unspecified atom stereocenters. The highest BCUT2D eigenvalue weighted by Crippen LogP contribution is 2.37. The maximum absolute atomic E-state index is 13.5. The number of carbonyl (C=O) groups excluding carboxylic acids is 1. The van der Waals surface area contributed by atoms with E-state index in [1.54, 1.807) is 16.6 Å². The Balaban J connectivity index is 1.78. The zero-order valence-electron chi connectivity index (χ0n) is 23.5. The van der Waals surface area contributed by atoms with Gasteiger partial charge in [0.05, 0.1) is 30.1 Å². The number of halogens is 1. The number of benzene rings is 3. The molecule has 0 atom stereocenters. The molecule has 5 rings (SSSR count). The van der Waals surface area contributed by atoms with Gasteiger partial charge < -0.3 is 14.7 Å². The summed E-state index contributed by atoms with van der Waals surface area (Å²) in [6.45, 7) is 7.91. The first-order valence-corrected chi connectivity index (χ1v) is 14.7. The van der Waals surface area contributed by atoms with Gasteiger partial charge in [-0.25, -0.2) is 9.50 Å². The highest BCUT2D eigenvalue weighted by Gasteiger charge is 2.24. The molecule has 0 aliphatic carbocycles. The van der Waals surface area contributed by atoms with Crippen LogP contribution in [0.2, 0.25) is 0 Å². The van der Waals surface area contributed by atoms with Gasteiger partial charge in [0.1, 0.15) is 11.5 Å². The van der Waals surface area contributed by atoms with Gasteiger partial charge in [-0.3, -0.25) is 4.79 Å². The van der Waals surface area contributed by atoms with Crippen LogP contribution < -0.4 is 4.74 Å². The van der Waals surface area contributed by atoms with Crippen LogP contribution >= 0.6 is 15.9 Å². The van der Waals surface area contributed by atoms with Gasteiger partial charge in [-0.1, -0.05) is 53.2 Å². The molecular formula is C33H33BrN4O3. The van der Waals surface area contributed by atoms with Crippen molar-refractivity contribution in [3.63, 3.8) is 0 Å². The Morgan fingerprint density at radius 1 is 0.951 bits per heavy atom. The Bertz CT molecular complexity index is 1660. The number of amides is 1. The Kier molecular flexibility index (Phi) is 8.69. The van der Waals surface area contributed by atoms with Crippen molar-refractivity contribution in [3.05, 3.63) is 88.9 Å². The third kappa shape index (κ3) is 5.98. The molecule has 41 heavy (non-hydrogen) atoms. The van der Waals surface area contributed by atoms with Crippen LogP contribution in [0.4, 0.5) is 0 Å². The number of phenolic OH excluding ortho intramolecular Hbond substituents is 1. The van der Waals surface area contributed by atoms with Crippen molar-refractivity contribution in [2.45, 2.75) is 33.6 Å². The van der Waals surface area contributed by atoms with E-state index in [4.69, 9.17) is 14.8 Å². The molecule has 0 spiro atoms. The maximum atomic E-state index is 13.5. The van der Waals surface area contributed by atoms with Gasteiger partial charge in [0, 0.05) is 39.8 Å². The van der Waals surface area contributed by atoms with Crippen LogP contribution in [0.1, 0.15) is 32.8 Å². The van der Waals surface area contributed by atoms with Crippen molar-refractivity contribution in [2.24, 2.45) is 0 Å². The summed E-state index contributed by atoms with van der Waals surface area (Å²) < 4.78 is 8.36. The lowest BCUT2D eigenvalue weighted by atomic mass is 10.0. The highest BCUT2D eigenvalue weighted by atomic mass is 79.9. The van der Waals surface area contributed by atoms with Crippen LogP contribution in [0.15, 0.2) is 83.3 Å². The smallest absolute Gasteiger partial charge is 0.227 e. The van der Waals surface area contributed by atoms with Crippen LogP contribution in [0.5, 0.6) is 11.5 Å². The molecule has 0 bridgehead atoms. The largest absolute Gasteiger partial charge is 0.507 e. The summed E-state index contributed by atoms with van der Waals surface area (Å²) in [6.07, 6.45) is 1.07. The molecule has 3 aromatic carbocycles. The molecule has 8 heteroatoms. The minimum absolute atomic E-state index is 0.00724. The first-order chi connectivity index (χ1) is 19.9. The zero-order valence-corrected chi connectivity index (χ0v) is 25.1. The standard InChI is InChI=1S/C33H33BrN4O3/c1-4-18-41-25-15-12-23(13-16-25)32-27(20-31(40)37(5-2)6-3)33-35-28(22-10-8-7-9-11-22)21-29(38(33)36-32)26-19-24(34)14-17-30(26)39/h7-17,19,21,39H,4-6,18,20H2,1-3H3. The van der Waals surface area contributed by atoms with Crippen LogP contribution in [-0.2, 0) is 11.2 Å². The van der Waals surface area contributed by atoms with Crippen molar-refractivity contribution < 1.29 is 14.6 Å². The summed E-state index contributed by atoms with van der Waals surface area (Å²) in [6, 6.07) is 24.9. The quantitative estimate of drug-likeness (QED) is 0.178. The molecule has 1 amide bonds. The Labute approximate surface area is 248 Å². The van der Waals surface area contributed by atoms with Crippen molar-refractivity contribution in [1.82, 2.24) is 19.5 Å².